The van der Waals surface area contributed by atoms with Crippen molar-refractivity contribution in [1.29, 1.82) is 0 Å². The van der Waals surface area contributed by atoms with Gasteiger partial charge in [-0.05, 0) is 6.92 Å². The normalized spacial score (nSPS) is 22.1. The first-order valence-corrected chi connectivity index (χ1v) is 7.09. The summed E-state index contributed by atoms with van der Waals surface area (Å²) in [6.07, 6.45) is -0.701. The van der Waals surface area contributed by atoms with Gasteiger partial charge in [-0.1, -0.05) is 0 Å². The molecule has 110 valence electrons. The number of aliphatic hydroxyl groups excluding tert-OH is 1. The molecule has 0 unspecified atom stereocenters. The molecule has 2 rings (SSSR count). The highest BCUT2D eigenvalue weighted by Crippen LogP contribution is 2.21. The number of amides is 2. The number of rotatable bonds is 3. The van der Waals surface area contributed by atoms with E-state index in [1.54, 1.807) is 12.6 Å². The topological polar surface area (TPSA) is 94.0 Å². The number of hydrogen-bond acceptors (Lipinski definition) is 5. The Hall–Kier alpha value is -1.67. The standard InChI is InChI=1S/C12H17N3O4S/c1-7-10(20-6-13-7)5-14(2)12(19)15-4-8(16)3-9(15)11(17)18/h6,8-9,16H,3-5H2,1-2H3,(H,17,18)/t8-,9-/m0/s1. The van der Waals surface area contributed by atoms with Crippen LogP contribution in [0.3, 0.4) is 0 Å². The van der Waals surface area contributed by atoms with Gasteiger partial charge in [0.15, 0.2) is 0 Å². The van der Waals surface area contributed by atoms with Crippen LogP contribution in [0.1, 0.15) is 17.0 Å². The maximum Gasteiger partial charge on any atom is 0.326 e. The van der Waals surface area contributed by atoms with E-state index in [1.165, 1.54) is 21.1 Å². The number of carboxylic acid groups (broad SMARTS) is 1. The van der Waals surface area contributed by atoms with Crippen molar-refractivity contribution in [2.45, 2.75) is 32.0 Å². The van der Waals surface area contributed by atoms with Crippen LogP contribution in [0.15, 0.2) is 5.51 Å². The second-order valence-corrected chi connectivity index (χ2v) is 5.83. The first kappa shape index (κ1) is 14.7. The molecule has 0 spiro atoms. The van der Waals surface area contributed by atoms with Crippen molar-refractivity contribution >= 4 is 23.3 Å². The average Bonchev–Trinajstić information content (AvgIpc) is 2.95. The van der Waals surface area contributed by atoms with E-state index in [9.17, 15) is 14.7 Å². The third kappa shape index (κ3) is 2.91. The largest absolute Gasteiger partial charge is 0.480 e. The second kappa shape index (κ2) is 5.76. The SMILES string of the molecule is Cc1ncsc1CN(C)C(=O)N1C[C@@H](O)C[C@H]1C(=O)O. The van der Waals surface area contributed by atoms with Gasteiger partial charge in [0.1, 0.15) is 6.04 Å². The predicted molar refractivity (Wildman–Crippen MR) is 72.5 cm³/mol. The molecule has 0 saturated carbocycles. The minimum Gasteiger partial charge on any atom is -0.480 e. The molecule has 2 amide bonds. The minimum atomic E-state index is -1.09. The van der Waals surface area contributed by atoms with Crippen LogP contribution in [0.4, 0.5) is 4.79 Å². The molecule has 8 heteroatoms. The van der Waals surface area contributed by atoms with Crippen molar-refractivity contribution in [3.8, 4) is 0 Å². The lowest BCUT2D eigenvalue weighted by Crippen LogP contribution is -2.46. The van der Waals surface area contributed by atoms with Gasteiger partial charge in [-0.2, -0.15) is 0 Å². The molecular formula is C12H17N3O4S. The fourth-order valence-corrected chi connectivity index (χ4v) is 3.07. The highest BCUT2D eigenvalue weighted by Gasteiger charge is 2.40. The fraction of sp³-hybridized carbons (Fsp3) is 0.583. The summed E-state index contributed by atoms with van der Waals surface area (Å²) in [5.74, 6) is -1.09. The molecule has 0 radical (unpaired) electrons. The molecule has 7 nitrogen and oxygen atoms in total. The molecule has 0 aromatic carbocycles. The van der Waals surface area contributed by atoms with Crippen LogP contribution >= 0.6 is 11.3 Å². The molecule has 1 saturated heterocycles. The molecule has 0 bridgehead atoms. The van der Waals surface area contributed by atoms with E-state index in [0.717, 1.165) is 10.6 Å². The second-order valence-electron chi connectivity index (χ2n) is 4.90. The number of aromatic nitrogens is 1. The number of carbonyl (C=O) groups excluding carboxylic acids is 1. The van der Waals surface area contributed by atoms with Gasteiger partial charge >= 0.3 is 12.0 Å². The van der Waals surface area contributed by atoms with Gasteiger partial charge in [-0.25, -0.2) is 14.6 Å². The number of thiazole rings is 1. The van der Waals surface area contributed by atoms with Crippen molar-refractivity contribution in [3.63, 3.8) is 0 Å². The number of β-amino-alcohol motifs (C(OH)–C–C–N with tert-alkyl or cyclic N) is 1. The summed E-state index contributed by atoms with van der Waals surface area (Å²) in [5, 5.41) is 18.7. The lowest BCUT2D eigenvalue weighted by atomic mass is 10.2. The van der Waals surface area contributed by atoms with Gasteiger partial charge < -0.3 is 20.0 Å². The summed E-state index contributed by atoms with van der Waals surface area (Å²) < 4.78 is 0. The van der Waals surface area contributed by atoms with Gasteiger partial charge in [-0.3, -0.25) is 0 Å². The van der Waals surface area contributed by atoms with Crippen molar-refractivity contribution < 1.29 is 19.8 Å². The zero-order valence-corrected chi connectivity index (χ0v) is 12.1. The molecule has 1 aliphatic heterocycles. The average molecular weight is 299 g/mol. The van der Waals surface area contributed by atoms with Crippen molar-refractivity contribution in [2.24, 2.45) is 0 Å². The first-order chi connectivity index (χ1) is 9.40. The molecule has 1 aliphatic rings. The Morgan fingerprint density at radius 3 is 2.85 bits per heavy atom. The van der Waals surface area contributed by atoms with Crippen molar-refractivity contribution in [1.82, 2.24) is 14.8 Å². The summed E-state index contributed by atoms with van der Waals surface area (Å²) >= 11 is 1.46. The predicted octanol–water partition coefficient (Wildman–Crippen LogP) is 0.523. The van der Waals surface area contributed by atoms with Crippen LogP contribution in [0.2, 0.25) is 0 Å². The van der Waals surface area contributed by atoms with Gasteiger partial charge in [-0.15, -0.1) is 11.3 Å². The maximum atomic E-state index is 12.3. The van der Waals surface area contributed by atoms with E-state index >= 15 is 0 Å². The van der Waals surface area contributed by atoms with Crippen LogP contribution in [0.25, 0.3) is 0 Å². The molecule has 1 aromatic rings. The Morgan fingerprint density at radius 1 is 1.60 bits per heavy atom. The van der Waals surface area contributed by atoms with E-state index in [0.29, 0.717) is 6.54 Å². The van der Waals surface area contributed by atoms with Gasteiger partial charge in [0, 0.05) is 24.9 Å². The smallest absolute Gasteiger partial charge is 0.326 e. The molecule has 1 aromatic heterocycles. The highest BCUT2D eigenvalue weighted by atomic mass is 32.1. The number of likely N-dealkylation sites (tertiary alicyclic amines) is 1. The third-order valence-corrected chi connectivity index (χ3v) is 4.28. The van der Waals surface area contributed by atoms with Crippen molar-refractivity contribution in [3.05, 3.63) is 16.1 Å². The molecule has 0 aliphatic carbocycles. The summed E-state index contributed by atoms with van der Waals surface area (Å²) in [6.45, 7) is 2.31. The Morgan fingerprint density at radius 2 is 2.30 bits per heavy atom. The van der Waals surface area contributed by atoms with Crippen LogP contribution in [-0.2, 0) is 11.3 Å². The Bertz CT molecular complexity index is 519. The van der Waals surface area contributed by atoms with Crippen LogP contribution in [0, 0.1) is 6.92 Å². The number of urea groups is 1. The lowest BCUT2D eigenvalue weighted by Gasteiger charge is -2.27. The maximum absolute atomic E-state index is 12.3. The van der Waals surface area contributed by atoms with Gasteiger partial charge in [0.05, 0.1) is 23.9 Å². The van der Waals surface area contributed by atoms with Crippen LogP contribution < -0.4 is 0 Å². The zero-order valence-electron chi connectivity index (χ0n) is 11.3. The van der Waals surface area contributed by atoms with E-state index in [2.05, 4.69) is 4.98 Å². The number of aliphatic hydroxyl groups is 1. The Labute approximate surface area is 120 Å². The third-order valence-electron chi connectivity index (χ3n) is 3.36. The van der Waals surface area contributed by atoms with E-state index in [4.69, 9.17) is 5.11 Å². The van der Waals surface area contributed by atoms with Crippen LogP contribution in [-0.4, -0.2) is 62.7 Å². The molecule has 2 N–H and O–H groups in total. The fourth-order valence-electron chi connectivity index (χ4n) is 2.24. The number of carbonyl (C=O) groups is 2. The highest BCUT2D eigenvalue weighted by molar-refractivity contribution is 7.09. The van der Waals surface area contributed by atoms with Crippen molar-refractivity contribution in [2.75, 3.05) is 13.6 Å². The summed E-state index contributed by atoms with van der Waals surface area (Å²) in [4.78, 5) is 31.2. The van der Waals surface area contributed by atoms with Gasteiger partial charge in [0.2, 0.25) is 0 Å². The number of nitrogens with zero attached hydrogens (tertiary/aromatic N) is 3. The minimum absolute atomic E-state index is 0.0574. The van der Waals surface area contributed by atoms with E-state index in [-0.39, 0.29) is 19.0 Å². The summed E-state index contributed by atoms with van der Waals surface area (Å²) in [7, 11) is 1.62. The van der Waals surface area contributed by atoms with Crippen LogP contribution in [0.5, 0.6) is 0 Å². The molecule has 20 heavy (non-hydrogen) atoms. The molecular weight excluding hydrogens is 282 g/mol. The first-order valence-electron chi connectivity index (χ1n) is 6.21. The summed E-state index contributed by atoms with van der Waals surface area (Å²) in [6, 6.07) is -1.34. The number of hydrogen-bond donors (Lipinski definition) is 2. The lowest BCUT2D eigenvalue weighted by molar-refractivity contribution is -0.141. The monoisotopic (exact) mass is 299 g/mol. The molecule has 2 heterocycles. The Balaban J connectivity index is 2.06. The number of aliphatic carboxylic acids is 1. The van der Waals surface area contributed by atoms with Gasteiger partial charge in [0.25, 0.3) is 0 Å². The Kier molecular flexibility index (Phi) is 4.24. The zero-order chi connectivity index (χ0) is 14.9. The number of aryl methyl sites for hydroxylation is 1. The van der Waals surface area contributed by atoms with E-state index < -0.39 is 18.1 Å². The summed E-state index contributed by atoms with van der Waals surface area (Å²) in [5.41, 5.74) is 2.58. The molecule has 2 atom stereocenters. The number of carboxylic acids is 1. The quantitative estimate of drug-likeness (QED) is 0.849. The van der Waals surface area contributed by atoms with E-state index in [1.807, 2.05) is 6.92 Å². The molecule has 1 fully saturated rings.